The minimum Gasteiger partial charge on any atom is -0.377 e. The summed E-state index contributed by atoms with van der Waals surface area (Å²) in [6.45, 7) is 11.5. The number of nitrogens with zero attached hydrogens (tertiary/aromatic N) is 1. The van der Waals surface area contributed by atoms with Gasteiger partial charge in [0.25, 0.3) is 0 Å². The smallest absolute Gasteiger partial charge is 0.0726 e. The molecule has 3 nitrogen and oxygen atoms in total. The molecule has 2 rings (SSSR count). The molecule has 0 bridgehead atoms. The maximum Gasteiger partial charge on any atom is 0.0726 e. The van der Waals surface area contributed by atoms with Crippen molar-refractivity contribution in [1.82, 2.24) is 10.2 Å². The summed E-state index contributed by atoms with van der Waals surface area (Å²) in [4.78, 5) is 2.64. The average Bonchev–Trinajstić information content (AvgIpc) is 2.87. The van der Waals surface area contributed by atoms with E-state index in [9.17, 15) is 0 Å². The first-order chi connectivity index (χ1) is 8.66. The van der Waals surface area contributed by atoms with Gasteiger partial charge in [0, 0.05) is 38.3 Å². The minimum atomic E-state index is 0.447. The van der Waals surface area contributed by atoms with Crippen molar-refractivity contribution in [2.45, 2.75) is 64.6 Å². The van der Waals surface area contributed by atoms with Crippen molar-refractivity contribution in [3.05, 3.63) is 0 Å². The molecule has 106 valence electrons. The first kappa shape index (κ1) is 14.3. The average molecular weight is 254 g/mol. The zero-order chi connectivity index (χ0) is 13.0. The predicted molar refractivity (Wildman–Crippen MR) is 75.9 cm³/mol. The Morgan fingerprint density at radius 1 is 1.28 bits per heavy atom. The van der Waals surface area contributed by atoms with Crippen molar-refractivity contribution in [1.29, 1.82) is 0 Å². The standard InChI is InChI=1S/C15H30N2O/c1-12-6-7-13(2)17(11-12)9-8-16-14(3)15-5-4-10-18-15/h12-16H,4-11H2,1-3H3. The monoisotopic (exact) mass is 254 g/mol. The fraction of sp³-hybridized carbons (Fsp3) is 1.00. The molecule has 1 N–H and O–H groups in total. The molecule has 0 saturated carbocycles. The van der Waals surface area contributed by atoms with Gasteiger partial charge < -0.3 is 10.1 Å². The van der Waals surface area contributed by atoms with Gasteiger partial charge in [-0.05, 0) is 45.4 Å². The summed E-state index contributed by atoms with van der Waals surface area (Å²) in [5.74, 6) is 0.872. The molecule has 0 aromatic carbocycles. The molecule has 0 aromatic heterocycles. The molecular formula is C15H30N2O. The van der Waals surface area contributed by atoms with Gasteiger partial charge in [0.1, 0.15) is 0 Å². The molecule has 2 saturated heterocycles. The van der Waals surface area contributed by atoms with Crippen molar-refractivity contribution >= 4 is 0 Å². The molecule has 0 radical (unpaired) electrons. The van der Waals surface area contributed by atoms with E-state index in [0.717, 1.165) is 25.1 Å². The van der Waals surface area contributed by atoms with E-state index in [1.807, 2.05) is 0 Å². The van der Waals surface area contributed by atoms with E-state index in [0.29, 0.717) is 12.1 Å². The Balaban J connectivity index is 1.64. The van der Waals surface area contributed by atoms with Gasteiger partial charge >= 0.3 is 0 Å². The molecular weight excluding hydrogens is 224 g/mol. The quantitative estimate of drug-likeness (QED) is 0.814. The first-order valence-electron chi connectivity index (χ1n) is 7.76. The second kappa shape index (κ2) is 6.88. The Morgan fingerprint density at radius 2 is 2.11 bits per heavy atom. The lowest BCUT2D eigenvalue weighted by atomic mass is 9.95. The van der Waals surface area contributed by atoms with Crippen molar-refractivity contribution < 1.29 is 4.74 Å². The van der Waals surface area contributed by atoms with Crippen LogP contribution >= 0.6 is 0 Å². The molecule has 0 aromatic rings. The van der Waals surface area contributed by atoms with Crippen LogP contribution < -0.4 is 5.32 Å². The molecule has 2 heterocycles. The highest BCUT2D eigenvalue weighted by Crippen LogP contribution is 2.20. The van der Waals surface area contributed by atoms with Crippen LogP contribution in [0.3, 0.4) is 0 Å². The zero-order valence-corrected chi connectivity index (χ0v) is 12.3. The molecule has 18 heavy (non-hydrogen) atoms. The zero-order valence-electron chi connectivity index (χ0n) is 12.3. The summed E-state index contributed by atoms with van der Waals surface area (Å²) >= 11 is 0. The maximum atomic E-state index is 5.72. The predicted octanol–water partition coefficient (Wildman–Crippen LogP) is 2.26. The SMILES string of the molecule is CC1CCC(C)N(CCNC(C)C2CCCO2)C1. The van der Waals surface area contributed by atoms with E-state index in [1.165, 1.54) is 38.8 Å². The van der Waals surface area contributed by atoms with Gasteiger partial charge in [0.15, 0.2) is 0 Å². The first-order valence-corrected chi connectivity index (χ1v) is 7.76. The molecule has 0 spiro atoms. The molecule has 0 amide bonds. The van der Waals surface area contributed by atoms with E-state index < -0.39 is 0 Å². The summed E-state index contributed by atoms with van der Waals surface area (Å²) in [5, 5.41) is 3.64. The third kappa shape index (κ3) is 3.94. The van der Waals surface area contributed by atoms with Crippen LogP contribution in [0.25, 0.3) is 0 Å². The maximum absolute atomic E-state index is 5.72. The van der Waals surface area contributed by atoms with Gasteiger partial charge in [-0.1, -0.05) is 6.92 Å². The highest BCUT2D eigenvalue weighted by molar-refractivity contribution is 4.80. The lowest BCUT2D eigenvalue weighted by Crippen LogP contribution is -2.46. The number of likely N-dealkylation sites (tertiary alicyclic amines) is 1. The van der Waals surface area contributed by atoms with Gasteiger partial charge in [0.2, 0.25) is 0 Å². The largest absolute Gasteiger partial charge is 0.377 e. The topological polar surface area (TPSA) is 24.5 Å². The Kier molecular flexibility index (Phi) is 5.46. The summed E-state index contributed by atoms with van der Waals surface area (Å²) in [5.41, 5.74) is 0. The van der Waals surface area contributed by atoms with Crippen LogP contribution in [0, 0.1) is 5.92 Å². The number of hydrogen-bond donors (Lipinski definition) is 1. The highest BCUT2D eigenvalue weighted by atomic mass is 16.5. The van der Waals surface area contributed by atoms with Crippen LogP contribution in [-0.4, -0.2) is 49.3 Å². The Morgan fingerprint density at radius 3 is 2.83 bits per heavy atom. The molecule has 2 aliphatic rings. The normalized spacial score (nSPS) is 35.8. The second-order valence-corrected chi connectivity index (χ2v) is 6.32. The van der Waals surface area contributed by atoms with Crippen molar-refractivity contribution in [3.8, 4) is 0 Å². The molecule has 3 heteroatoms. The molecule has 4 atom stereocenters. The highest BCUT2D eigenvalue weighted by Gasteiger charge is 2.24. The van der Waals surface area contributed by atoms with Gasteiger partial charge in [-0.15, -0.1) is 0 Å². The lowest BCUT2D eigenvalue weighted by molar-refractivity contribution is 0.0789. The van der Waals surface area contributed by atoms with E-state index in [-0.39, 0.29) is 0 Å². The van der Waals surface area contributed by atoms with E-state index >= 15 is 0 Å². The molecule has 2 fully saturated rings. The van der Waals surface area contributed by atoms with E-state index in [4.69, 9.17) is 4.74 Å². The van der Waals surface area contributed by atoms with Gasteiger partial charge in [-0.3, -0.25) is 4.90 Å². The van der Waals surface area contributed by atoms with Gasteiger partial charge in [-0.25, -0.2) is 0 Å². The van der Waals surface area contributed by atoms with Gasteiger partial charge in [0.05, 0.1) is 6.10 Å². The van der Waals surface area contributed by atoms with Crippen LogP contribution in [0.15, 0.2) is 0 Å². The minimum absolute atomic E-state index is 0.447. The lowest BCUT2D eigenvalue weighted by Gasteiger charge is -2.37. The summed E-state index contributed by atoms with van der Waals surface area (Å²) in [7, 11) is 0. The summed E-state index contributed by atoms with van der Waals surface area (Å²) in [6, 6.07) is 1.27. The number of nitrogens with one attached hydrogen (secondary N) is 1. The number of hydrogen-bond acceptors (Lipinski definition) is 3. The summed E-state index contributed by atoms with van der Waals surface area (Å²) < 4.78 is 5.72. The van der Waals surface area contributed by atoms with Crippen molar-refractivity contribution in [2.75, 3.05) is 26.2 Å². The number of rotatable bonds is 5. The Labute approximate surface area is 112 Å². The molecule has 2 aliphatic heterocycles. The van der Waals surface area contributed by atoms with Crippen LogP contribution in [0.4, 0.5) is 0 Å². The third-order valence-corrected chi connectivity index (χ3v) is 4.63. The van der Waals surface area contributed by atoms with Crippen LogP contribution in [0.2, 0.25) is 0 Å². The van der Waals surface area contributed by atoms with E-state index in [1.54, 1.807) is 0 Å². The second-order valence-electron chi connectivity index (χ2n) is 6.32. The van der Waals surface area contributed by atoms with Crippen LogP contribution in [0.1, 0.15) is 46.5 Å². The Bertz CT molecular complexity index is 241. The van der Waals surface area contributed by atoms with E-state index in [2.05, 4.69) is 31.0 Å². The van der Waals surface area contributed by atoms with Gasteiger partial charge in [-0.2, -0.15) is 0 Å². The fourth-order valence-corrected chi connectivity index (χ4v) is 3.26. The van der Waals surface area contributed by atoms with Crippen molar-refractivity contribution in [2.24, 2.45) is 5.92 Å². The molecule has 0 aliphatic carbocycles. The number of piperidine rings is 1. The fourth-order valence-electron chi connectivity index (χ4n) is 3.26. The van der Waals surface area contributed by atoms with Crippen LogP contribution in [-0.2, 0) is 4.74 Å². The number of ether oxygens (including phenoxy) is 1. The Hall–Kier alpha value is -0.120. The van der Waals surface area contributed by atoms with Crippen molar-refractivity contribution in [3.63, 3.8) is 0 Å². The molecule has 4 unspecified atom stereocenters. The third-order valence-electron chi connectivity index (χ3n) is 4.63. The van der Waals surface area contributed by atoms with Crippen LogP contribution in [0.5, 0.6) is 0 Å². The summed E-state index contributed by atoms with van der Waals surface area (Å²) in [6.07, 6.45) is 5.67.